The van der Waals surface area contributed by atoms with Crippen LogP contribution in [0, 0.1) is 0 Å². The molecule has 9 nitrogen and oxygen atoms in total. The molecule has 1 unspecified atom stereocenters. The number of hydrogen-bond donors (Lipinski definition) is 1. The molecule has 1 aliphatic rings. The Morgan fingerprint density at radius 1 is 1.00 bits per heavy atom. The van der Waals surface area contributed by atoms with Gasteiger partial charge in [0.2, 0.25) is 0 Å². The van der Waals surface area contributed by atoms with E-state index in [1.807, 2.05) is 54.2 Å². The molecule has 0 amide bonds. The van der Waals surface area contributed by atoms with E-state index in [4.69, 9.17) is 27.1 Å². The Hall–Kier alpha value is -4.18. The summed E-state index contributed by atoms with van der Waals surface area (Å²) < 4.78 is 9.25. The van der Waals surface area contributed by atoms with Crippen molar-refractivity contribution in [1.29, 1.82) is 0 Å². The van der Waals surface area contributed by atoms with Gasteiger partial charge in [0.05, 0.1) is 42.6 Å². The smallest absolute Gasteiger partial charge is 0.274 e. The van der Waals surface area contributed by atoms with E-state index in [0.717, 1.165) is 44.5 Å². The molecule has 6 aromatic rings. The van der Waals surface area contributed by atoms with E-state index < -0.39 is 5.54 Å². The van der Waals surface area contributed by atoms with Crippen LogP contribution >= 0.6 is 11.6 Å². The highest BCUT2D eigenvalue weighted by Gasteiger charge is 2.36. The highest BCUT2D eigenvalue weighted by molar-refractivity contribution is 6.30. The molecule has 0 radical (unpaired) electrons. The van der Waals surface area contributed by atoms with Gasteiger partial charge in [0, 0.05) is 23.0 Å². The number of hydrogen-bond acceptors (Lipinski definition) is 7. The van der Waals surface area contributed by atoms with Gasteiger partial charge in [-0.25, -0.2) is 9.97 Å². The fourth-order valence-corrected chi connectivity index (χ4v) is 5.39. The van der Waals surface area contributed by atoms with E-state index >= 15 is 0 Å². The van der Waals surface area contributed by atoms with Gasteiger partial charge in [0.25, 0.3) is 5.78 Å². The maximum atomic E-state index is 7.41. The monoisotopic (exact) mass is 508 g/mol. The van der Waals surface area contributed by atoms with Gasteiger partial charge in [0.15, 0.2) is 0 Å². The molecule has 0 fully saturated rings. The molecule has 4 heterocycles. The number of aryl methyl sites for hydroxylation is 1. The highest BCUT2D eigenvalue weighted by atomic mass is 35.5. The predicted octanol–water partition coefficient (Wildman–Crippen LogP) is 4.01. The first-order valence-corrected chi connectivity index (χ1v) is 12.1. The molecule has 3 aromatic carbocycles. The average molecular weight is 509 g/mol. The number of nitrogens with zero attached hydrogens (tertiary/aromatic N) is 7. The van der Waals surface area contributed by atoms with Crippen LogP contribution < -0.4 is 5.73 Å². The van der Waals surface area contributed by atoms with Gasteiger partial charge in [0.1, 0.15) is 5.54 Å². The zero-order chi connectivity index (χ0) is 25.1. The number of nitrogens with two attached hydrogens (primary N) is 1. The Bertz CT molecular complexity index is 1830. The molecule has 0 bridgehead atoms. The molecular weight excluding hydrogens is 488 g/mol. The van der Waals surface area contributed by atoms with E-state index in [9.17, 15) is 0 Å². The Balaban J connectivity index is 1.53. The number of ether oxygens (including phenoxy) is 1. The van der Waals surface area contributed by atoms with E-state index in [1.165, 1.54) is 5.56 Å². The van der Waals surface area contributed by atoms with Gasteiger partial charge < -0.3 is 15.0 Å². The normalized spacial score (nSPS) is 14.8. The van der Waals surface area contributed by atoms with Crippen molar-refractivity contribution in [3.8, 4) is 11.3 Å². The lowest BCUT2D eigenvalue weighted by atomic mass is 9.79. The van der Waals surface area contributed by atoms with Crippen LogP contribution in [0.1, 0.15) is 27.9 Å². The molecule has 0 saturated carbocycles. The van der Waals surface area contributed by atoms with Gasteiger partial charge in [-0.05, 0) is 56.9 Å². The largest absolute Gasteiger partial charge is 0.372 e. The Labute approximate surface area is 216 Å². The van der Waals surface area contributed by atoms with E-state index in [0.29, 0.717) is 24.0 Å². The summed E-state index contributed by atoms with van der Waals surface area (Å²) in [6.45, 7) is 1.19. The van der Waals surface area contributed by atoms with E-state index in [1.54, 1.807) is 10.8 Å². The summed E-state index contributed by atoms with van der Waals surface area (Å²) in [6, 6.07) is 20.0. The molecule has 3 aromatic heterocycles. The van der Waals surface area contributed by atoms with Gasteiger partial charge in [-0.2, -0.15) is 4.52 Å². The van der Waals surface area contributed by atoms with Crippen LogP contribution in [0.3, 0.4) is 0 Å². The lowest BCUT2D eigenvalue weighted by molar-refractivity contribution is 0.134. The second kappa shape index (κ2) is 8.17. The molecule has 2 N–H and O–H groups in total. The van der Waals surface area contributed by atoms with Crippen molar-refractivity contribution in [3.05, 3.63) is 106 Å². The standard InChI is InChI=1S/C27H21ClN8O/c1-35-15-30-12-24(35)27(29,19-6-5-17-13-37-14-18(17)9-19)20-7-8-23-22(11-20)25(16-3-2-4-21(28)10-16)31-26-32-33-34-36(23)26/h2-12,15H,13-14,29H2,1H3. The van der Waals surface area contributed by atoms with Crippen LogP contribution in [0.5, 0.6) is 0 Å². The van der Waals surface area contributed by atoms with Gasteiger partial charge in [-0.15, -0.1) is 0 Å². The zero-order valence-corrected chi connectivity index (χ0v) is 20.6. The molecule has 0 saturated heterocycles. The number of aromatic nitrogens is 7. The summed E-state index contributed by atoms with van der Waals surface area (Å²) in [6.07, 6.45) is 3.58. The van der Waals surface area contributed by atoms with E-state index in [2.05, 4.69) is 44.8 Å². The quantitative estimate of drug-likeness (QED) is 0.383. The summed E-state index contributed by atoms with van der Waals surface area (Å²) in [4.78, 5) is 9.17. The zero-order valence-electron chi connectivity index (χ0n) is 19.8. The second-order valence-electron chi connectivity index (χ2n) is 9.27. The summed E-state index contributed by atoms with van der Waals surface area (Å²) >= 11 is 6.35. The molecule has 0 aliphatic carbocycles. The first kappa shape index (κ1) is 22.1. The number of halogens is 1. The summed E-state index contributed by atoms with van der Waals surface area (Å²) in [5.41, 5.74) is 13.8. The van der Waals surface area contributed by atoms with Crippen molar-refractivity contribution >= 4 is 28.3 Å². The molecule has 37 heavy (non-hydrogen) atoms. The van der Waals surface area contributed by atoms with Gasteiger partial charge >= 0.3 is 0 Å². The van der Waals surface area contributed by atoms with Crippen molar-refractivity contribution in [1.82, 2.24) is 34.6 Å². The number of imidazole rings is 1. The number of benzene rings is 3. The molecular formula is C27H21ClN8O. The van der Waals surface area contributed by atoms with Crippen molar-refractivity contribution in [2.45, 2.75) is 18.8 Å². The Morgan fingerprint density at radius 2 is 1.84 bits per heavy atom. The first-order valence-electron chi connectivity index (χ1n) is 11.8. The van der Waals surface area contributed by atoms with Crippen LogP contribution in [0.15, 0.2) is 73.2 Å². The van der Waals surface area contributed by atoms with Crippen LogP contribution in [0.25, 0.3) is 27.9 Å². The summed E-state index contributed by atoms with van der Waals surface area (Å²) in [5.74, 6) is 0.402. The predicted molar refractivity (Wildman–Crippen MR) is 139 cm³/mol. The van der Waals surface area contributed by atoms with Gasteiger partial charge in [-0.1, -0.05) is 53.1 Å². The molecule has 0 spiro atoms. The minimum Gasteiger partial charge on any atom is -0.372 e. The number of tetrazole rings is 1. The topological polar surface area (TPSA) is 109 Å². The van der Waals surface area contributed by atoms with Crippen molar-refractivity contribution < 1.29 is 4.74 Å². The number of fused-ring (bicyclic) bond motifs is 4. The fourth-order valence-electron chi connectivity index (χ4n) is 5.20. The van der Waals surface area contributed by atoms with Crippen molar-refractivity contribution in [3.63, 3.8) is 0 Å². The second-order valence-corrected chi connectivity index (χ2v) is 9.70. The third-order valence-corrected chi connectivity index (χ3v) is 7.33. The minimum atomic E-state index is -1.00. The molecule has 1 aliphatic heterocycles. The first-order chi connectivity index (χ1) is 18.0. The third-order valence-electron chi connectivity index (χ3n) is 7.10. The Kier molecular flexibility index (Phi) is 4.87. The fraction of sp³-hybridized carbons (Fsp3) is 0.148. The summed E-state index contributed by atoms with van der Waals surface area (Å²) in [7, 11) is 1.95. The maximum absolute atomic E-state index is 7.41. The summed E-state index contributed by atoms with van der Waals surface area (Å²) in [5, 5.41) is 13.6. The van der Waals surface area contributed by atoms with E-state index in [-0.39, 0.29) is 0 Å². The SMILES string of the molecule is Cn1cncc1C(N)(c1ccc2c(c1)COC2)c1ccc2c(c1)c(-c1cccc(Cl)c1)nc1nnnn12. The van der Waals surface area contributed by atoms with Crippen molar-refractivity contribution in [2.75, 3.05) is 0 Å². The minimum absolute atomic E-state index is 0.402. The lowest BCUT2D eigenvalue weighted by Gasteiger charge is -2.32. The average Bonchev–Trinajstić information content (AvgIpc) is 3.67. The molecule has 182 valence electrons. The number of rotatable bonds is 4. The third kappa shape index (κ3) is 3.36. The van der Waals surface area contributed by atoms with Crippen LogP contribution in [0.2, 0.25) is 5.02 Å². The van der Waals surface area contributed by atoms with Crippen LogP contribution in [0.4, 0.5) is 0 Å². The molecule has 7 rings (SSSR count). The van der Waals surface area contributed by atoms with Gasteiger partial charge in [-0.3, -0.25) is 0 Å². The lowest BCUT2D eigenvalue weighted by Crippen LogP contribution is -2.41. The van der Waals surface area contributed by atoms with Crippen LogP contribution in [-0.4, -0.2) is 34.6 Å². The molecule has 10 heteroatoms. The highest BCUT2D eigenvalue weighted by Crippen LogP contribution is 2.39. The molecule has 1 atom stereocenters. The Morgan fingerprint density at radius 3 is 2.68 bits per heavy atom. The van der Waals surface area contributed by atoms with Crippen LogP contribution in [-0.2, 0) is 30.5 Å². The maximum Gasteiger partial charge on any atom is 0.274 e. The van der Waals surface area contributed by atoms with Crippen molar-refractivity contribution in [2.24, 2.45) is 12.8 Å².